The maximum atomic E-state index is 13.6. The second-order valence-corrected chi connectivity index (χ2v) is 20.4. The third kappa shape index (κ3) is 15.5. The first-order valence-electron chi connectivity index (χ1n) is 27.2. The molecule has 2 saturated heterocycles. The Morgan fingerprint density at radius 1 is 0.787 bits per heavy atom. The monoisotopic (exact) mass is 1090 g/mol. The molecule has 3 heterocycles. The molecule has 0 saturated carbocycles. The highest BCUT2D eigenvalue weighted by Gasteiger charge is 2.48. The number of aromatic nitrogens is 1. The van der Waals surface area contributed by atoms with Crippen LogP contribution in [0.3, 0.4) is 0 Å². The van der Waals surface area contributed by atoms with Crippen molar-refractivity contribution in [2.24, 2.45) is 17.8 Å². The number of fused-ring (bicyclic) bond motifs is 3. The second-order valence-electron chi connectivity index (χ2n) is 20.4. The highest BCUT2D eigenvalue weighted by Crippen LogP contribution is 2.44. The molecule has 4 aromatic carbocycles. The number of rotatable bonds is 22. The maximum Gasteiger partial charge on any atom is 0.407 e. The van der Waals surface area contributed by atoms with E-state index in [1.54, 1.807) is 67.9 Å². The smallest absolute Gasteiger partial charge is 0.407 e. The number of nitrogens with zero attached hydrogens (tertiary/aromatic N) is 2. The first kappa shape index (κ1) is 57.8. The zero-order valence-corrected chi connectivity index (χ0v) is 45.6. The minimum absolute atomic E-state index is 0.0574. The number of hydrogen-bond donors (Lipinski definition) is 3. The van der Waals surface area contributed by atoms with Gasteiger partial charge in [-0.3, -0.25) is 29.0 Å². The summed E-state index contributed by atoms with van der Waals surface area (Å²) in [5.41, 5.74) is 6.98. The Morgan fingerprint density at radius 2 is 1.54 bits per heavy atom. The van der Waals surface area contributed by atoms with Crippen molar-refractivity contribution < 1.29 is 62.0 Å². The largest absolute Gasteiger partial charge is 0.467 e. The summed E-state index contributed by atoms with van der Waals surface area (Å²) in [5, 5.41) is 8.45. The average Bonchev–Trinajstić information content (AvgIpc) is 3.80. The Morgan fingerprint density at radius 3 is 2.25 bits per heavy atom. The summed E-state index contributed by atoms with van der Waals surface area (Å²) in [6.45, 7) is 6.58. The SMILES string of the molecule is COC(=O)[C@H]1O[C@@H](Oc2ccc(COC(=O)Cc3cccc(C(=O)N4CCC(CCCCNC(=O)/C=C/c5cccnc5)CC4)c3)cc2NC(=O)CCNC(=O)OCC2c3ccccc3-c3ccccc32)[C@H](C)[C@@H](C)[C@@H]1OC(C)=O. The Balaban J connectivity index is 0.835. The van der Waals surface area contributed by atoms with Crippen LogP contribution in [0.4, 0.5) is 10.5 Å². The van der Waals surface area contributed by atoms with Gasteiger partial charge in [-0.1, -0.05) is 99.5 Å². The first-order chi connectivity index (χ1) is 38.7. The van der Waals surface area contributed by atoms with E-state index in [9.17, 15) is 33.6 Å². The number of alkyl carbamates (subject to hydrolysis) is 1. The second kappa shape index (κ2) is 28.0. The Hall–Kier alpha value is -8.38. The molecule has 18 heteroatoms. The molecule has 1 aliphatic carbocycles. The number of amides is 4. The van der Waals surface area contributed by atoms with E-state index in [0.29, 0.717) is 42.2 Å². The quantitative estimate of drug-likeness (QED) is 0.0255. The Labute approximate surface area is 465 Å². The number of ether oxygens (including phenoxy) is 6. The molecule has 0 unspecified atom stereocenters. The van der Waals surface area contributed by atoms with Crippen LogP contribution >= 0.6 is 0 Å². The summed E-state index contributed by atoms with van der Waals surface area (Å²) in [4.78, 5) is 96.6. The van der Waals surface area contributed by atoms with Gasteiger partial charge in [0.1, 0.15) is 25.1 Å². The van der Waals surface area contributed by atoms with Crippen molar-refractivity contribution in [2.45, 2.75) is 96.7 Å². The third-order valence-electron chi connectivity index (χ3n) is 14.9. The summed E-state index contributed by atoms with van der Waals surface area (Å²) in [7, 11) is 1.20. The van der Waals surface area contributed by atoms with Crippen LogP contribution in [0.5, 0.6) is 5.75 Å². The van der Waals surface area contributed by atoms with E-state index in [4.69, 9.17) is 28.4 Å². The van der Waals surface area contributed by atoms with Gasteiger partial charge in [0.15, 0.2) is 6.10 Å². The number of hydrogen-bond acceptors (Lipinski definition) is 14. The topological polar surface area (TPSA) is 227 Å². The van der Waals surface area contributed by atoms with Crippen LogP contribution in [0.1, 0.15) is 103 Å². The third-order valence-corrected chi connectivity index (χ3v) is 14.9. The number of anilines is 1. The molecule has 5 atom stereocenters. The van der Waals surface area contributed by atoms with Crippen molar-refractivity contribution in [1.82, 2.24) is 20.5 Å². The molecule has 2 fully saturated rings. The Bertz CT molecular complexity index is 2990. The van der Waals surface area contributed by atoms with Crippen molar-refractivity contribution >= 4 is 53.5 Å². The number of pyridine rings is 1. The number of methoxy groups -OCH3 is 1. The van der Waals surface area contributed by atoms with Crippen molar-refractivity contribution in [2.75, 3.05) is 45.2 Å². The fourth-order valence-corrected chi connectivity index (χ4v) is 10.4. The van der Waals surface area contributed by atoms with Gasteiger partial charge in [-0.2, -0.15) is 0 Å². The van der Waals surface area contributed by atoms with Gasteiger partial charge in [-0.25, -0.2) is 9.59 Å². The van der Waals surface area contributed by atoms with Gasteiger partial charge in [0.2, 0.25) is 18.1 Å². The molecule has 0 radical (unpaired) electrons. The van der Waals surface area contributed by atoms with Gasteiger partial charge in [0.25, 0.3) is 5.91 Å². The number of esters is 3. The van der Waals surface area contributed by atoms with Gasteiger partial charge < -0.3 is 49.3 Å². The lowest BCUT2D eigenvalue weighted by atomic mass is 9.84. The van der Waals surface area contributed by atoms with Crippen LogP contribution in [0.15, 0.2) is 122 Å². The normalized spacial score (nSPS) is 18.8. The predicted octanol–water partition coefficient (Wildman–Crippen LogP) is 8.57. The zero-order valence-electron chi connectivity index (χ0n) is 45.6. The lowest BCUT2D eigenvalue weighted by molar-refractivity contribution is -0.243. The number of piperidine rings is 1. The number of unbranched alkanes of at least 4 members (excludes halogenated alkanes) is 1. The molecule has 0 spiro atoms. The fraction of sp³-hybridized carbons (Fsp3) is 0.387. The zero-order chi connectivity index (χ0) is 56.5. The molecule has 2 aliphatic heterocycles. The molecule has 8 rings (SSSR count). The summed E-state index contributed by atoms with van der Waals surface area (Å²) >= 11 is 0. The van der Waals surface area contributed by atoms with Crippen LogP contribution in [0.25, 0.3) is 17.2 Å². The van der Waals surface area contributed by atoms with E-state index in [1.165, 1.54) is 20.1 Å². The highest BCUT2D eigenvalue weighted by molar-refractivity contribution is 5.95. The molecule has 3 aliphatic rings. The molecule has 80 heavy (non-hydrogen) atoms. The van der Waals surface area contributed by atoms with Crippen LogP contribution < -0.4 is 20.7 Å². The summed E-state index contributed by atoms with van der Waals surface area (Å²) in [6.07, 6.45) is 7.01. The van der Waals surface area contributed by atoms with Gasteiger partial charge in [0, 0.05) is 81.3 Å². The van der Waals surface area contributed by atoms with E-state index in [0.717, 1.165) is 59.9 Å². The lowest BCUT2D eigenvalue weighted by Gasteiger charge is -2.42. The minimum atomic E-state index is -1.31. The average molecular weight is 1090 g/mol. The first-order valence-corrected chi connectivity index (χ1v) is 27.2. The van der Waals surface area contributed by atoms with E-state index in [1.807, 2.05) is 60.4 Å². The van der Waals surface area contributed by atoms with Crippen molar-refractivity contribution in [1.29, 1.82) is 0 Å². The van der Waals surface area contributed by atoms with Crippen LogP contribution in [0, 0.1) is 17.8 Å². The number of carbonyl (C=O) groups is 7. The van der Waals surface area contributed by atoms with E-state index in [-0.39, 0.29) is 61.8 Å². The fourth-order valence-electron chi connectivity index (χ4n) is 10.4. The van der Waals surface area contributed by atoms with E-state index >= 15 is 0 Å². The number of nitrogens with one attached hydrogen (secondary N) is 3. The molecular weight excluding hydrogens is 1020 g/mol. The van der Waals surface area contributed by atoms with Crippen LogP contribution in [0.2, 0.25) is 0 Å². The molecule has 5 aromatic rings. The van der Waals surface area contributed by atoms with Crippen LogP contribution in [-0.2, 0) is 60.7 Å². The van der Waals surface area contributed by atoms with Gasteiger partial charge in [-0.05, 0) is 101 Å². The number of benzene rings is 4. The van der Waals surface area contributed by atoms with E-state index < -0.39 is 60.2 Å². The number of carbonyl (C=O) groups excluding carboxylic acids is 7. The lowest BCUT2D eigenvalue weighted by Crippen LogP contribution is -2.55. The molecule has 18 nitrogen and oxygen atoms in total. The van der Waals surface area contributed by atoms with E-state index in [2.05, 4.69) is 33.1 Å². The molecule has 1 aromatic heterocycles. The highest BCUT2D eigenvalue weighted by atomic mass is 16.7. The van der Waals surface area contributed by atoms with Gasteiger partial charge in [0.05, 0.1) is 19.2 Å². The van der Waals surface area contributed by atoms with Gasteiger partial charge in [-0.15, -0.1) is 0 Å². The summed E-state index contributed by atoms with van der Waals surface area (Å²) in [5.74, 6) is -2.98. The van der Waals surface area contributed by atoms with Crippen molar-refractivity contribution in [3.63, 3.8) is 0 Å². The van der Waals surface area contributed by atoms with Gasteiger partial charge >= 0.3 is 24.0 Å². The predicted molar refractivity (Wildman–Crippen MR) is 297 cm³/mol. The van der Waals surface area contributed by atoms with Crippen molar-refractivity contribution in [3.05, 3.63) is 155 Å². The Kier molecular flexibility index (Phi) is 20.2. The summed E-state index contributed by atoms with van der Waals surface area (Å²) in [6, 6.07) is 31.5. The molecular formula is C62H69N5O13. The minimum Gasteiger partial charge on any atom is -0.467 e. The molecule has 0 bridgehead atoms. The maximum absolute atomic E-state index is 13.6. The van der Waals surface area contributed by atoms with Crippen molar-refractivity contribution in [3.8, 4) is 16.9 Å². The van der Waals surface area contributed by atoms with Crippen LogP contribution in [-0.4, -0.2) is 110 Å². The number of likely N-dealkylation sites (tertiary alicyclic amines) is 1. The summed E-state index contributed by atoms with van der Waals surface area (Å²) < 4.78 is 34.3. The molecule has 3 N–H and O–H groups in total. The molecule has 4 amide bonds. The standard InChI is InChI=1S/C62H69N5O13/c1-39-40(2)61(80-58(60(73)75-4)57(39)78-41(3)68)79-53-23-21-45(34-52(53)66-55(70)25-30-65-62(74)77-38-51-49-19-7-5-17-47(49)48-18-6-8-20-50(48)51)37-76-56(71)35-44-14-11-16-46(33-44)59(72)67-31-26-42(27-32-67)13-9-10-29-64-54(69)24-22-43-15-12-28-63-36-43/h5-8,11-12,14-24,28,33-34,36,39-40,42,51,57-58,61H,9-10,13,25-27,29-32,35,37-38H2,1-4H3,(H,64,69)(H,65,74)(H,66,70)/b24-22+/t39-,40-,57+,58+,61-/m1/s1. The molecule has 420 valence electrons.